The fourth-order valence-electron chi connectivity index (χ4n) is 27.9. The van der Waals surface area contributed by atoms with Crippen LogP contribution >= 0.6 is 0 Å². The molecule has 1 spiro atoms. The normalized spacial score (nSPS) is 69.6. The molecule has 2 nitrogen and oxygen atoms in total. The van der Waals surface area contributed by atoms with Crippen molar-refractivity contribution < 1.29 is 9.53 Å². The van der Waals surface area contributed by atoms with Gasteiger partial charge in [0.25, 0.3) is 0 Å². The van der Waals surface area contributed by atoms with Crippen LogP contribution in [0.2, 0.25) is 0 Å². The smallest absolute Gasteiger partial charge is 0.305 e. The van der Waals surface area contributed by atoms with Gasteiger partial charge in [0.05, 0.1) is 6.61 Å². The van der Waals surface area contributed by atoms with E-state index in [4.69, 9.17) is 4.74 Å². The number of carbonyl (C=O) groups excluding carboxylic acids is 1. The van der Waals surface area contributed by atoms with E-state index in [1.807, 2.05) is 0 Å². The Bertz CT molecular complexity index is 2070. The highest BCUT2D eigenvalue weighted by atomic mass is 16.5. The molecule has 292 valence electrons. The fraction of sp³-hybridized carbons (Fsp3) is 0.833. The molecule has 17 aliphatic carbocycles. The number of hydrogen-bond donors (Lipinski definition) is 0. The number of unbranched alkanes of at least 4 members (excludes halogenated alkanes) is 1. The average molecular weight is 745 g/mol. The van der Waals surface area contributed by atoms with E-state index in [1.165, 1.54) is 42.4 Å². The molecule has 16 saturated carbocycles. The monoisotopic (exact) mass is 744 g/mol. The van der Waals surface area contributed by atoms with Gasteiger partial charge in [-0.15, -0.1) is 0 Å². The third-order valence-electron chi connectivity index (χ3n) is 26.4. The first-order valence-corrected chi connectivity index (χ1v) is 25.6. The highest BCUT2D eigenvalue weighted by Crippen LogP contribution is 2.98. The standard InChI is InChI=1S/C54H64O2/c1-2-3-12-56-30(55)10-7-11-53(28-8-5-4-6-9-28)52-29-19-26-17-23-15-24-14-21-13-22-16-25-18-27-20-54(52,53)51-37(27)42-36(25)41-32(22)31(21)39-35(24)40-33(23)34(26)43-38(29)50(51)49-47(42)45(41)44(39)46(40)48(43)49/h4-6,8-9,18,21-24,26-27,29,31-52H,2-3,7,10-17,19-20H2,1H3. The summed E-state index contributed by atoms with van der Waals surface area (Å²) in [4.78, 5) is 13.3. The number of fused-ring (bicyclic) bond motifs is 1. The number of ether oxygens (including phenoxy) is 1. The zero-order valence-corrected chi connectivity index (χ0v) is 33.7. The van der Waals surface area contributed by atoms with Crippen molar-refractivity contribution >= 4 is 5.97 Å². The number of allylic oxidation sites excluding steroid dienone is 2. The van der Waals surface area contributed by atoms with Crippen molar-refractivity contribution in [1.29, 1.82) is 0 Å². The van der Waals surface area contributed by atoms with Crippen LogP contribution in [0.15, 0.2) is 42.0 Å². The Labute approximate surface area is 334 Å². The Morgan fingerprint density at radius 1 is 0.643 bits per heavy atom. The second kappa shape index (κ2) is 9.19. The Hall–Kier alpha value is -1.57. The highest BCUT2D eigenvalue weighted by molar-refractivity contribution is 5.69. The van der Waals surface area contributed by atoms with Crippen molar-refractivity contribution in [3.05, 3.63) is 47.5 Å². The van der Waals surface area contributed by atoms with E-state index >= 15 is 0 Å². The van der Waals surface area contributed by atoms with Gasteiger partial charge in [0.2, 0.25) is 0 Å². The minimum absolute atomic E-state index is 0.0861. The van der Waals surface area contributed by atoms with Gasteiger partial charge in [-0.05, 0) is 247 Å². The molecule has 31 atom stereocenters. The van der Waals surface area contributed by atoms with Gasteiger partial charge in [-0.1, -0.05) is 55.3 Å². The van der Waals surface area contributed by atoms with Gasteiger partial charge in [-0.2, -0.15) is 0 Å². The number of hydrogen-bond acceptors (Lipinski definition) is 2. The molecule has 0 bridgehead atoms. The fourth-order valence-corrected chi connectivity index (χ4v) is 27.9. The zero-order chi connectivity index (χ0) is 35.6. The quantitative estimate of drug-likeness (QED) is 0.151. The molecule has 0 saturated heterocycles. The number of benzene rings is 1. The molecule has 17 aliphatic rings. The van der Waals surface area contributed by atoms with Crippen LogP contribution in [-0.2, 0) is 14.9 Å². The maximum atomic E-state index is 13.3. The van der Waals surface area contributed by atoms with E-state index in [0.717, 1.165) is 161 Å². The summed E-state index contributed by atoms with van der Waals surface area (Å²) in [7, 11) is 0. The summed E-state index contributed by atoms with van der Waals surface area (Å²) < 4.78 is 5.85. The molecule has 2 heteroatoms. The van der Waals surface area contributed by atoms with E-state index in [0.29, 0.717) is 18.4 Å². The Balaban J connectivity index is 0.883. The lowest BCUT2D eigenvalue weighted by Gasteiger charge is -2.62. The average Bonchev–Trinajstić information content (AvgIpc) is 3.89. The van der Waals surface area contributed by atoms with Crippen molar-refractivity contribution in [2.24, 2.45) is 177 Å². The first-order chi connectivity index (χ1) is 27.7. The topological polar surface area (TPSA) is 26.3 Å². The van der Waals surface area contributed by atoms with E-state index in [9.17, 15) is 4.79 Å². The van der Waals surface area contributed by atoms with Crippen LogP contribution in [0.1, 0.15) is 89.5 Å². The third kappa shape index (κ3) is 2.70. The SMILES string of the molecule is CCCCOC(=O)CCCC1(c2ccccc2)C2C3CC4CC5CC6CC7CC8CC9=CC%10CC21C1C%10C2C9C9C8C7C7C6C6C5C4C4C3C1C1C2C9C7C6C41. The molecule has 16 fully saturated rings. The molecular weight excluding hydrogens is 681 g/mol. The Morgan fingerprint density at radius 2 is 1.23 bits per heavy atom. The summed E-state index contributed by atoms with van der Waals surface area (Å²) in [5.41, 5.74) is 4.59. The lowest BCUT2D eigenvalue weighted by molar-refractivity contribution is -0.153. The molecule has 31 unspecified atom stereocenters. The predicted molar refractivity (Wildman–Crippen MR) is 212 cm³/mol. The summed E-state index contributed by atoms with van der Waals surface area (Å²) in [6.45, 7) is 2.82. The lowest BCUT2D eigenvalue weighted by atomic mass is 9.42. The molecule has 56 heavy (non-hydrogen) atoms. The number of esters is 1. The van der Waals surface area contributed by atoms with Crippen molar-refractivity contribution in [2.75, 3.05) is 6.61 Å². The van der Waals surface area contributed by atoms with Crippen LogP contribution in [0, 0.1) is 177 Å². The number of carbonyl (C=O) groups is 1. The first kappa shape index (κ1) is 30.5. The molecule has 0 heterocycles. The van der Waals surface area contributed by atoms with Gasteiger partial charge in [0, 0.05) is 11.8 Å². The van der Waals surface area contributed by atoms with Crippen LogP contribution in [-0.4, -0.2) is 12.6 Å². The molecule has 0 aromatic heterocycles. The maximum Gasteiger partial charge on any atom is 0.305 e. The summed E-state index contributed by atoms with van der Waals surface area (Å²) >= 11 is 0. The summed E-state index contributed by atoms with van der Waals surface area (Å²) in [5, 5.41) is 0. The maximum absolute atomic E-state index is 13.3. The second-order valence-electron chi connectivity index (χ2n) is 25.8. The molecule has 0 radical (unpaired) electrons. The van der Waals surface area contributed by atoms with Gasteiger partial charge < -0.3 is 4.74 Å². The van der Waals surface area contributed by atoms with Gasteiger partial charge >= 0.3 is 5.97 Å². The highest BCUT2D eigenvalue weighted by Gasteiger charge is 2.95. The van der Waals surface area contributed by atoms with Gasteiger partial charge in [0.15, 0.2) is 0 Å². The van der Waals surface area contributed by atoms with Gasteiger partial charge in [-0.25, -0.2) is 0 Å². The first-order valence-electron chi connectivity index (χ1n) is 25.6. The van der Waals surface area contributed by atoms with Crippen molar-refractivity contribution in [3.63, 3.8) is 0 Å². The Kier molecular flexibility index (Phi) is 5.00. The molecule has 1 aromatic carbocycles. The van der Waals surface area contributed by atoms with E-state index in [2.05, 4.69) is 48.9 Å². The largest absolute Gasteiger partial charge is 0.466 e. The van der Waals surface area contributed by atoms with Gasteiger partial charge in [-0.3, -0.25) is 4.79 Å². The lowest BCUT2D eigenvalue weighted by Crippen LogP contribution is -2.59. The molecule has 18 rings (SSSR count). The van der Waals surface area contributed by atoms with Gasteiger partial charge in [0.1, 0.15) is 0 Å². The molecular formula is C54H64O2. The van der Waals surface area contributed by atoms with E-state index in [1.54, 1.807) is 44.1 Å². The minimum atomic E-state index is 0.0861. The minimum Gasteiger partial charge on any atom is -0.466 e. The molecule has 1 aromatic rings. The van der Waals surface area contributed by atoms with E-state index in [-0.39, 0.29) is 11.4 Å². The van der Waals surface area contributed by atoms with Crippen LogP contribution in [0.3, 0.4) is 0 Å². The van der Waals surface area contributed by atoms with Crippen molar-refractivity contribution in [3.8, 4) is 0 Å². The van der Waals surface area contributed by atoms with E-state index < -0.39 is 0 Å². The second-order valence-corrected chi connectivity index (χ2v) is 25.8. The van der Waals surface area contributed by atoms with Crippen LogP contribution < -0.4 is 0 Å². The predicted octanol–water partition coefficient (Wildman–Crippen LogP) is 10.2. The molecule has 0 N–H and O–H groups in total. The van der Waals surface area contributed by atoms with Crippen LogP contribution in [0.25, 0.3) is 0 Å². The van der Waals surface area contributed by atoms with Crippen LogP contribution in [0.5, 0.6) is 0 Å². The summed E-state index contributed by atoms with van der Waals surface area (Å²) in [6.07, 6.45) is 19.6. The Morgan fingerprint density at radius 3 is 1.96 bits per heavy atom. The molecule has 0 amide bonds. The zero-order valence-electron chi connectivity index (χ0n) is 33.7. The molecule has 0 aliphatic heterocycles. The van der Waals surface area contributed by atoms with Crippen LogP contribution in [0.4, 0.5) is 0 Å². The summed E-state index contributed by atoms with van der Waals surface area (Å²) in [5.74, 6) is 31.7. The number of rotatable bonds is 8. The van der Waals surface area contributed by atoms with Crippen molar-refractivity contribution in [2.45, 2.75) is 89.4 Å². The summed E-state index contributed by atoms with van der Waals surface area (Å²) in [6, 6.07) is 12.4. The third-order valence-corrected chi connectivity index (χ3v) is 26.4. The van der Waals surface area contributed by atoms with Crippen molar-refractivity contribution in [1.82, 2.24) is 0 Å².